The summed E-state index contributed by atoms with van der Waals surface area (Å²) in [5.74, 6) is -1.56. The quantitative estimate of drug-likeness (QED) is 0.337. The minimum absolute atomic E-state index is 0. The summed E-state index contributed by atoms with van der Waals surface area (Å²) in [6.07, 6.45) is 0. The third kappa shape index (κ3) is 4.24. The summed E-state index contributed by atoms with van der Waals surface area (Å²) in [4.78, 5) is 9.81. The molecule has 1 atom stereocenters. The molecular weight excluding hydrogens is 171 g/mol. The molecule has 0 rings (SSSR count). The minimum Gasteiger partial charge on any atom is -1.00 e. The maximum atomic E-state index is 9.95. The van der Waals surface area contributed by atoms with Gasteiger partial charge in [-0.3, -0.25) is 9.35 Å². The molecule has 0 bridgehead atoms. The first-order valence-corrected chi connectivity index (χ1v) is 3.55. The molecule has 0 aromatic carbocycles. The Morgan fingerprint density at radius 3 is 1.90 bits per heavy atom. The van der Waals surface area contributed by atoms with Crippen molar-refractivity contribution in [3.63, 3.8) is 0 Å². The van der Waals surface area contributed by atoms with Gasteiger partial charge in [0.15, 0.2) is 5.25 Å². The number of hydrogen-bond donors (Lipinski definition) is 2. The molecule has 10 heavy (non-hydrogen) atoms. The molecule has 2 N–H and O–H groups in total. The predicted octanol–water partition coefficient (Wildman–Crippen LogP) is -3.54. The third-order valence-electron chi connectivity index (χ3n) is 0.795. The van der Waals surface area contributed by atoms with Crippen LogP contribution in [0.15, 0.2) is 0 Å². The molecule has 7 heteroatoms. The van der Waals surface area contributed by atoms with Gasteiger partial charge in [-0.1, -0.05) is 0 Å². The van der Waals surface area contributed by atoms with Gasteiger partial charge in [0.25, 0.3) is 10.1 Å². The fourth-order valence-corrected chi connectivity index (χ4v) is 0.382. The predicted molar refractivity (Wildman–Crippen MR) is 29.8 cm³/mol. The number of rotatable bonds is 2. The normalized spacial score (nSPS) is 13.4. The van der Waals surface area contributed by atoms with Crippen molar-refractivity contribution in [2.75, 3.05) is 0 Å². The van der Waals surface area contributed by atoms with Crippen molar-refractivity contribution >= 4 is 16.1 Å². The molecule has 0 aromatic rings. The third-order valence-corrected chi connectivity index (χ3v) is 1.89. The first-order valence-electron chi connectivity index (χ1n) is 2.05. The molecule has 0 radical (unpaired) electrons. The standard InChI is InChI=1S/C3H6O5S.Na.H/c1-2(3(4)5)9(6,7)8;;/h2H,1H3,(H,4,5)(H,6,7,8);;/q;+1;-1. The maximum Gasteiger partial charge on any atom is 1.00 e. The molecule has 0 fully saturated rings. The number of carbonyl (C=O) groups is 1. The Morgan fingerprint density at radius 1 is 1.60 bits per heavy atom. The van der Waals surface area contributed by atoms with Gasteiger partial charge >= 0.3 is 35.5 Å². The first-order chi connectivity index (χ1) is 3.85. The summed E-state index contributed by atoms with van der Waals surface area (Å²) < 4.78 is 27.9. The molecule has 0 saturated carbocycles. The second-order valence-electron chi connectivity index (χ2n) is 1.50. The number of aliphatic carboxylic acids is 1. The van der Waals surface area contributed by atoms with E-state index in [4.69, 9.17) is 9.66 Å². The summed E-state index contributed by atoms with van der Waals surface area (Å²) in [5, 5.41) is 6.24. The van der Waals surface area contributed by atoms with Gasteiger partial charge in [-0.2, -0.15) is 8.42 Å². The van der Waals surface area contributed by atoms with Crippen molar-refractivity contribution < 1.29 is 53.9 Å². The van der Waals surface area contributed by atoms with Gasteiger partial charge in [0.1, 0.15) is 0 Å². The van der Waals surface area contributed by atoms with E-state index >= 15 is 0 Å². The summed E-state index contributed by atoms with van der Waals surface area (Å²) in [5.41, 5.74) is 0. The Labute approximate surface area is 82.0 Å². The zero-order valence-corrected chi connectivity index (χ0v) is 8.42. The van der Waals surface area contributed by atoms with E-state index in [0.717, 1.165) is 6.92 Å². The fraction of sp³-hybridized carbons (Fsp3) is 0.667. The second kappa shape index (κ2) is 4.30. The second-order valence-corrected chi connectivity index (χ2v) is 3.23. The molecule has 1 unspecified atom stereocenters. The molecule has 0 aromatic heterocycles. The molecule has 56 valence electrons. The van der Waals surface area contributed by atoms with Crippen LogP contribution < -0.4 is 29.6 Å². The molecule has 0 aliphatic heterocycles. The fourth-order valence-electron chi connectivity index (χ4n) is 0.127. The van der Waals surface area contributed by atoms with Crippen LogP contribution in [-0.2, 0) is 14.9 Å². The molecule has 5 nitrogen and oxygen atoms in total. The van der Waals surface area contributed by atoms with Crippen molar-refractivity contribution in [1.82, 2.24) is 0 Å². The van der Waals surface area contributed by atoms with Gasteiger partial charge in [0.05, 0.1) is 0 Å². The van der Waals surface area contributed by atoms with Crippen LogP contribution in [0.25, 0.3) is 0 Å². The van der Waals surface area contributed by atoms with E-state index in [0.29, 0.717) is 0 Å². The van der Waals surface area contributed by atoms with E-state index in [9.17, 15) is 13.2 Å². The van der Waals surface area contributed by atoms with Crippen molar-refractivity contribution in [2.45, 2.75) is 12.2 Å². The van der Waals surface area contributed by atoms with Crippen LogP contribution in [0.1, 0.15) is 8.35 Å². The van der Waals surface area contributed by atoms with Gasteiger partial charge in [0, 0.05) is 0 Å². The zero-order valence-electron chi connectivity index (χ0n) is 6.60. The van der Waals surface area contributed by atoms with E-state index in [-0.39, 0.29) is 31.0 Å². The zero-order chi connectivity index (χ0) is 7.65. The van der Waals surface area contributed by atoms with E-state index in [2.05, 4.69) is 0 Å². The van der Waals surface area contributed by atoms with Crippen molar-refractivity contribution in [2.24, 2.45) is 0 Å². The van der Waals surface area contributed by atoms with E-state index in [1.807, 2.05) is 0 Å². The molecule has 0 spiro atoms. The Balaban J connectivity index is -0.000000320. The van der Waals surface area contributed by atoms with Crippen LogP contribution in [0.2, 0.25) is 0 Å². The Kier molecular flexibility index (Phi) is 5.59. The van der Waals surface area contributed by atoms with Crippen LogP contribution in [0, 0.1) is 0 Å². The van der Waals surface area contributed by atoms with Crippen LogP contribution in [0.4, 0.5) is 0 Å². The van der Waals surface area contributed by atoms with Gasteiger partial charge in [0.2, 0.25) is 0 Å². The van der Waals surface area contributed by atoms with Gasteiger partial charge in [-0.25, -0.2) is 0 Å². The summed E-state index contributed by atoms with van der Waals surface area (Å²) in [6, 6.07) is 0. The smallest absolute Gasteiger partial charge is 1.00 e. The van der Waals surface area contributed by atoms with E-state index in [1.165, 1.54) is 0 Å². The average Bonchev–Trinajstić information content (AvgIpc) is 1.62. The summed E-state index contributed by atoms with van der Waals surface area (Å²) in [7, 11) is -4.40. The van der Waals surface area contributed by atoms with Crippen LogP contribution in [0.5, 0.6) is 0 Å². The largest absolute Gasteiger partial charge is 1.00 e. The Bertz CT molecular complexity index is 212. The van der Waals surface area contributed by atoms with Crippen molar-refractivity contribution in [1.29, 1.82) is 0 Å². The molecule has 0 aliphatic carbocycles. The monoisotopic (exact) mass is 178 g/mol. The molecule has 0 saturated heterocycles. The summed E-state index contributed by atoms with van der Waals surface area (Å²) in [6.45, 7) is 0.887. The summed E-state index contributed by atoms with van der Waals surface area (Å²) >= 11 is 0. The van der Waals surface area contributed by atoms with Crippen LogP contribution in [-0.4, -0.2) is 29.3 Å². The number of carboxylic acid groups (broad SMARTS) is 1. The van der Waals surface area contributed by atoms with Crippen LogP contribution >= 0.6 is 0 Å². The van der Waals surface area contributed by atoms with E-state index < -0.39 is 21.3 Å². The molecule has 0 aliphatic rings. The topological polar surface area (TPSA) is 91.7 Å². The Morgan fingerprint density at radius 2 is 1.90 bits per heavy atom. The van der Waals surface area contributed by atoms with Gasteiger partial charge in [-0.15, -0.1) is 0 Å². The molecular formula is C3H7NaO5S. The molecule has 0 amide bonds. The van der Waals surface area contributed by atoms with Crippen molar-refractivity contribution in [3.05, 3.63) is 0 Å². The van der Waals surface area contributed by atoms with Crippen LogP contribution in [0.3, 0.4) is 0 Å². The Hall–Kier alpha value is 0.380. The average molecular weight is 178 g/mol. The van der Waals surface area contributed by atoms with Gasteiger partial charge in [-0.05, 0) is 6.92 Å². The minimum atomic E-state index is -4.40. The number of hydrogen-bond acceptors (Lipinski definition) is 3. The van der Waals surface area contributed by atoms with Gasteiger partial charge < -0.3 is 6.53 Å². The maximum absolute atomic E-state index is 9.95. The molecule has 0 heterocycles. The number of carboxylic acids is 1. The SMILES string of the molecule is CC(C(=O)O)S(=O)(=O)O.[H-].[Na+]. The first kappa shape index (κ1) is 13.0. The van der Waals surface area contributed by atoms with Crippen molar-refractivity contribution in [3.8, 4) is 0 Å². The van der Waals surface area contributed by atoms with E-state index in [1.54, 1.807) is 0 Å².